The molecule has 7 heteroatoms. The fourth-order valence-corrected chi connectivity index (χ4v) is 2.60. The lowest BCUT2D eigenvalue weighted by atomic mass is 10.0. The molecule has 26 heavy (non-hydrogen) atoms. The third kappa shape index (κ3) is 3.94. The highest BCUT2D eigenvalue weighted by Gasteiger charge is 2.16. The van der Waals surface area contributed by atoms with Crippen LogP contribution in [-0.4, -0.2) is 19.1 Å². The second-order valence-corrected chi connectivity index (χ2v) is 5.75. The Kier molecular flexibility index (Phi) is 5.07. The van der Waals surface area contributed by atoms with Crippen molar-refractivity contribution in [2.45, 2.75) is 13.3 Å². The molecule has 0 aromatic heterocycles. The molecule has 0 saturated carbocycles. The van der Waals surface area contributed by atoms with Gasteiger partial charge in [-0.1, -0.05) is 24.3 Å². The summed E-state index contributed by atoms with van der Waals surface area (Å²) < 4.78 is 10.4. The summed E-state index contributed by atoms with van der Waals surface area (Å²) in [4.78, 5) is 23.4. The van der Waals surface area contributed by atoms with Crippen LogP contribution in [0.4, 0.5) is 10.5 Å². The predicted molar refractivity (Wildman–Crippen MR) is 97.6 cm³/mol. The number of ether oxygens (including phenoxy) is 2. The average Bonchev–Trinajstić information content (AvgIpc) is 2.63. The maximum Gasteiger partial charge on any atom is 0.417 e. The van der Waals surface area contributed by atoms with Gasteiger partial charge in [0.15, 0.2) is 11.5 Å². The van der Waals surface area contributed by atoms with E-state index in [9.17, 15) is 9.59 Å². The summed E-state index contributed by atoms with van der Waals surface area (Å²) >= 11 is 0. The van der Waals surface area contributed by atoms with Crippen molar-refractivity contribution in [2.24, 2.45) is 0 Å². The molecule has 1 heterocycles. The van der Waals surface area contributed by atoms with Crippen LogP contribution in [-0.2, 0) is 4.79 Å². The second kappa shape index (κ2) is 7.60. The van der Waals surface area contributed by atoms with Crippen molar-refractivity contribution in [1.29, 1.82) is 0 Å². The van der Waals surface area contributed by atoms with Crippen LogP contribution in [0.15, 0.2) is 54.1 Å². The first-order chi connectivity index (χ1) is 12.6. The van der Waals surface area contributed by atoms with E-state index in [2.05, 4.69) is 16.2 Å². The number of amides is 2. The maximum absolute atomic E-state index is 12.1. The van der Waals surface area contributed by atoms with Gasteiger partial charge in [0.25, 0.3) is 0 Å². The lowest BCUT2D eigenvalue weighted by Crippen LogP contribution is -2.40. The van der Waals surface area contributed by atoms with Crippen molar-refractivity contribution in [1.82, 2.24) is 10.9 Å². The van der Waals surface area contributed by atoms with Crippen LogP contribution in [0.25, 0.3) is 5.70 Å². The molecule has 134 valence electrons. The van der Waals surface area contributed by atoms with E-state index in [4.69, 9.17) is 9.47 Å². The molecule has 0 bridgehead atoms. The zero-order valence-corrected chi connectivity index (χ0v) is 14.5. The van der Waals surface area contributed by atoms with Gasteiger partial charge in [-0.25, -0.2) is 4.79 Å². The predicted octanol–water partition coefficient (Wildman–Crippen LogP) is 3.06. The van der Waals surface area contributed by atoms with E-state index in [0.29, 0.717) is 23.6 Å². The topological polar surface area (TPSA) is 88.7 Å². The summed E-state index contributed by atoms with van der Waals surface area (Å²) in [6.45, 7) is 1.90. The first-order valence-electron chi connectivity index (χ1n) is 8.03. The molecular weight excluding hydrogens is 334 g/mol. The molecule has 1 aliphatic rings. The van der Waals surface area contributed by atoms with Gasteiger partial charge in [0.05, 0.1) is 19.2 Å². The largest absolute Gasteiger partial charge is 0.493 e. The number of hydrogen-bond acceptors (Lipinski definition) is 5. The number of rotatable bonds is 4. The van der Waals surface area contributed by atoms with Crippen LogP contribution in [0.2, 0.25) is 0 Å². The van der Waals surface area contributed by atoms with Gasteiger partial charge in [-0.15, -0.1) is 0 Å². The molecule has 1 aliphatic heterocycles. The lowest BCUT2D eigenvalue weighted by molar-refractivity contribution is -0.121. The molecule has 2 amide bonds. The minimum absolute atomic E-state index is 0.0661. The number of nitrogens with one attached hydrogen (secondary N) is 3. The fraction of sp³-hybridized carbons (Fsp3) is 0.158. The van der Waals surface area contributed by atoms with E-state index in [1.807, 2.05) is 19.1 Å². The normalized spacial score (nSPS) is 13.5. The maximum atomic E-state index is 12.1. The van der Waals surface area contributed by atoms with E-state index in [0.717, 1.165) is 16.8 Å². The van der Waals surface area contributed by atoms with E-state index < -0.39 is 6.09 Å². The molecule has 2 aromatic carbocycles. The summed E-state index contributed by atoms with van der Waals surface area (Å²) in [5, 5.41) is 2.67. The minimum Gasteiger partial charge on any atom is -0.493 e. The number of anilines is 1. The smallest absolute Gasteiger partial charge is 0.417 e. The Balaban J connectivity index is 1.67. The fourth-order valence-electron chi connectivity index (χ4n) is 2.60. The van der Waals surface area contributed by atoms with Gasteiger partial charge in [0, 0.05) is 5.69 Å². The van der Waals surface area contributed by atoms with Gasteiger partial charge in [-0.2, -0.15) is 0 Å². The molecule has 0 atom stereocenters. The molecule has 0 spiro atoms. The summed E-state index contributed by atoms with van der Waals surface area (Å²) in [7, 11) is 1.51. The molecule has 2 aromatic rings. The number of carbonyl (C=O) groups is 2. The zero-order chi connectivity index (χ0) is 18.5. The van der Waals surface area contributed by atoms with Crippen LogP contribution < -0.4 is 25.6 Å². The Morgan fingerprint density at radius 2 is 1.73 bits per heavy atom. The van der Waals surface area contributed by atoms with Gasteiger partial charge < -0.3 is 9.47 Å². The second-order valence-electron chi connectivity index (χ2n) is 5.75. The van der Waals surface area contributed by atoms with Crippen molar-refractivity contribution in [3.63, 3.8) is 0 Å². The van der Waals surface area contributed by atoms with E-state index >= 15 is 0 Å². The summed E-state index contributed by atoms with van der Waals surface area (Å²) in [5.74, 6) is 0.751. The average molecular weight is 353 g/mol. The molecule has 0 saturated heterocycles. The number of methoxy groups -OCH3 is 1. The first kappa shape index (κ1) is 17.3. The molecule has 3 N–H and O–H groups in total. The molecule has 0 aliphatic carbocycles. The number of benzene rings is 2. The van der Waals surface area contributed by atoms with E-state index in [-0.39, 0.29) is 5.91 Å². The minimum atomic E-state index is -0.610. The molecular formula is C19H19N3O4. The van der Waals surface area contributed by atoms with Crippen molar-refractivity contribution in [2.75, 3.05) is 12.4 Å². The van der Waals surface area contributed by atoms with E-state index in [1.54, 1.807) is 36.4 Å². The third-order valence-corrected chi connectivity index (χ3v) is 3.87. The summed E-state index contributed by atoms with van der Waals surface area (Å²) in [6.07, 6.45) is -0.256. The summed E-state index contributed by atoms with van der Waals surface area (Å²) in [6, 6.07) is 14.1. The molecule has 7 nitrogen and oxygen atoms in total. The number of carbonyl (C=O) groups excluding carboxylic acids is 2. The quantitative estimate of drug-likeness (QED) is 0.786. The lowest BCUT2D eigenvalue weighted by Gasteiger charge is -2.21. The van der Waals surface area contributed by atoms with Crippen LogP contribution >= 0.6 is 0 Å². The van der Waals surface area contributed by atoms with Crippen LogP contribution in [0.5, 0.6) is 11.5 Å². The Bertz CT molecular complexity index is 859. The van der Waals surface area contributed by atoms with E-state index in [1.165, 1.54) is 7.11 Å². The third-order valence-electron chi connectivity index (χ3n) is 3.87. The SMILES string of the molecule is COc1ccccc1OC(=O)Nc1ccc(C2=C(C)CC(=O)NN2)cc1. The Labute approximate surface area is 151 Å². The van der Waals surface area contributed by atoms with Crippen molar-refractivity contribution < 1.29 is 19.1 Å². The van der Waals surface area contributed by atoms with Gasteiger partial charge in [0.1, 0.15) is 0 Å². The van der Waals surface area contributed by atoms with Gasteiger partial charge in [-0.3, -0.25) is 21.0 Å². The Hall–Kier alpha value is -3.48. The molecule has 0 fully saturated rings. The summed E-state index contributed by atoms with van der Waals surface area (Å²) in [5.41, 5.74) is 8.79. The van der Waals surface area contributed by atoms with Gasteiger partial charge in [0.2, 0.25) is 5.91 Å². The highest BCUT2D eigenvalue weighted by molar-refractivity contribution is 5.88. The van der Waals surface area contributed by atoms with Crippen LogP contribution in [0, 0.1) is 0 Å². The van der Waals surface area contributed by atoms with Crippen LogP contribution in [0.1, 0.15) is 18.9 Å². The highest BCUT2D eigenvalue weighted by atomic mass is 16.6. The van der Waals surface area contributed by atoms with Gasteiger partial charge >= 0.3 is 6.09 Å². The number of para-hydroxylation sites is 2. The first-order valence-corrected chi connectivity index (χ1v) is 8.03. The molecule has 0 radical (unpaired) electrons. The molecule has 3 rings (SSSR count). The monoisotopic (exact) mass is 353 g/mol. The Morgan fingerprint density at radius 1 is 1.04 bits per heavy atom. The number of hydrazine groups is 1. The molecule has 0 unspecified atom stereocenters. The highest BCUT2D eigenvalue weighted by Crippen LogP contribution is 2.26. The van der Waals surface area contributed by atoms with Crippen LogP contribution in [0.3, 0.4) is 0 Å². The van der Waals surface area contributed by atoms with Crippen molar-refractivity contribution >= 4 is 23.4 Å². The standard InChI is InChI=1S/C19H19N3O4/c1-12-11-17(23)21-22-18(12)13-7-9-14(10-8-13)20-19(24)26-16-6-4-3-5-15(16)25-2/h3-10,22H,11H2,1-2H3,(H,20,24)(H,21,23). The van der Waals surface area contributed by atoms with Gasteiger partial charge in [-0.05, 0) is 42.3 Å². The Morgan fingerprint density at radius 3 is 2.38 bits per heavy atom. The van der Waals surface area contributed by atoms with Crippen molar-refractivity contribution in [3.05, 3.63) is 59.7 Å². The number of hydrogen-bond donors (Lipinski definition) is 3. The van der Waals surface area contributed by atoms with Crippen molar-refractivity contribution in [3.8, 4) is 11.5 Å². The zero-order valence-electron chi connectivity index (χ0n) is 14.5.